The molecule has 2 heteroatoms. The molecule has 0 radical (unpaired) electrons. The molecule has 2 nitrogen and oxygen atoms in total. The van der Waals surface area contributed by atoms with Crippen LogP contribution in [0.25, 0.3) is 0 Å². The maximum absolute atomic E-state index is 3.46. The van der Waals surface area contributed by atoms with Crippen LogP contribution in [0.3, 0.4) is 0 Å². The number of nitrogens with one attached hydrogen (secondary N) is 1. The van der Waals surface area contributed by atoms with E-state index in [1.54, 1.807) is 44.9 Å². The molecule has 5 aliphatic rings. The molecule has 0 spiro atoms. The standard InChI is InChI=1S/C17H30N2/c1(5-19-6-3-18-4-7-19)2-17-11-14-8-15(12-17)10-16(9-14)13-17/h14-16,18H,1-13H2. The molecule has 1 N–H and O–H groups in total. The van der Waals surface area contributed by atoms with E-state index in [1.807, 2.05) is 0 Å². The van der Waals surface area contributed by atoms with Crippen LogP contribution in [-0.4, -0.2) is 37.6 Å². The van der Waals surface area contributed by atoms with Crippen molar-refractivity contribution >= 4 is 0 Å². The van der Waals surface area contributed by atoms with Crippen molar-refractivity contribution in [1.29, 1.82) is 0 Å². The van der Waals surface area contributed by atoms with Gasteiger partial charge >= 0.3 is 0 Å². The summed E-state index contributed by atoms with van der Waals surface area (Å²) in [6.07, 6.45) is 12.6. The first-order valence-corrected chi connectivity index (χ1v) is 8.74. The van der Waals surface area contributed by atoms with E-state index in [2.05, 4.69) is 10.2 Å². The summed E-state index contributed by atoms with van der Waals surface area (Å²) < 4.78 is 0. The van der Waals surface area contributed by atoms with Gasteiger partial charge in [0.1, 0.15) is 0 Å². The fourth-order valence-electron chi connectivity index (χ4n) is 6.21. The molecule has 4 bridgehead atoms. The van der Waals surface area contributed by atoms with Crippen LogP contribution >= 0.6 is 0 Å². The smallest absolute Gasteiger partial charge is 0.0107 e. The Kier molecular flexibility index (Phi) is 3.35. The third-order valence-electron chi connectivity index (χ3n) is 6.56. The maximum atomic E-state index is 3.46. The largest absolute Gasteiger partial charge is 0.314 e. The summed E-state index contributed by atoms with van der Waals surface area (Å²) in [6.45, 7) is 6.33. The Morgan fingerprint density at radius 2 is 1.47 bits per heavy atom. The van der Waals surface area contributed by atoms with Crippen molar-refractivity contribution < 1.29 is 0 Å². The van der Waals surface area contributed by atoms with Gasteiger partial charge in [0, 0.05) is 26.2 Å². The first-order valence-electron chi connectivity index (χ1n) is 8.74. The Bertz CT molecular complexity index is 284. The quantitative estimate of drug-likeness (QED) is 0.838. The molecule has 19 heavy (non-hydrogen) atoms. The molecule has 0 aromatic carbocycles. The molecule has 0 aromatic heterocycles. The summed E-state index contributed by atoms with van der Waals surface area (Å²) in [6, 6.07) is 0. The van der Waals surface area contributed by atoms with E-state index in [-0.39, 0.29) is 0 Å². The van der Waals surface area contributed by atoms with Gasteiger partial charge in [0.25, 0.3) is 0 Å². The summed E-state index contributed by atoms with van der Waals surface area (Å²) in [7, 11) is 0. The Balaban J connectivity index is 1.30. The monoisotopic (exact) mass is 262 g/mol. The normalized spacial score (nSPS) is 45.8. The molecule has 4 aliphatic carbocycles. The molecule has 1 heterocycles. The highest BCUT2D eigenvalue weighted by atomic mass is 15.2. The molecule has 0 atom stereocenters. The topological polar surface area (TPSA) is 15.3 Å². The second kappa shape index (κ2) is 5.04. The van der Waals surface area contributed by atoms with Crippen LogP contribution < -0.4 is 5.32 Å². The van der Waals surface area contributed by atoms with Crippen molar-refractivity contribution in [3.63, 3.8) is 0 Å². The third kappa shape index (κ3) is 2.58. The van der Waals surface area contributed by atoms with Crippen LogP contribution in [0.5, 0.6) is 0 Å². The first-order chi connectivity index (χ1) is 9.31. The molecule has 5 fully saturated rings. The molecule has 1 saturated heterocycles. The minimum Gasteiger partial charge on any atom is -0.314 e. The fourth-order valence-corrected chi connectivity index (χ4v) is 6.21. The second-order valence-corrected chi connectivity index (χ2v) is 8.11. The van der Waals surface area contributed by atoms with Gasteiger partial charge in [0.05, 0.1) is 0 Å². The minimum absolute atomic E-state index is 0.808. The average Bonchev–Trinajstić information content (AvgIpc) is 2.38. The van der Waals surface area contributed by atoms with Crippen LogP contribution in [0.15, 0.2) is 0 Å². The van der Waals surface area contributed by atoms with Gasteiger partial charge in [-0.25, -0.2) is 0 Å². The Hall–Kier alpha value is -0.0800. The highest BCUT2D eigenvalue weighted by Gasteiger charge is 2.50. The van der Waals surface area contributed by atoms with E-state index in [1.165, 1.54) is 39.1 Å². The van der Waals surface area contributed by atoms with Crippen LogP contribution in [-0.2, 0) is 0 Å². The first kappa shape index (κ1) is 12.6. The highest BCUT2D eigenvalue weighted by Crippen LogP contribution is 2.61. The van der Waals surface area contributed by atoms with E-state index >= 15 is 0 Å². The van der Waals surface area contributed by atoms with Crippen LogP contribution in [0.2, 0.25) is 0 Å². The van der Waals surface area contributed by atoms with Gasteiger partial charge in [-0.05, 0) is 81.1 Å². The van der Waals surface area contributed by atoms with Gasteiger partial charge in [-0.15, -0.1) is 0 Å². The van der Waals surface area contributed by atoms with Crippen LogP contribution in [0.1, 0.15) is 51.4 Å². The highest BCUT2D eigenvalue weighted by molar-refractivity contribution is 5.01. The SMILES string of the molecule is C(CN1CCNCC1)CC12CC3CC(CC(C3)C1)C2. The van der Waals surface area contributed by atoms with E-state index < -0.39 is 0 Å². The lowest BCUT2D eigenvalue weighted by Gasteiger charge is -2.57. The predicted molar refractivity (Wildman–Crippen MR) is 79.1 cm³/mol. The number of piperazine rings is 1. The van der Waals surface area contributed by atoms with E-state index in [4.69, 9.17) is 0 Å². The molecule has 0 unspecified atom stereocenters. The molecule has 0 amide bonds. The summed E-state index contributed by atoms with van der Waals surface area (Å²) in [5, 5.41) is 3.46. The lowest BCUT2D eigenvalue weighted by atomic mass is 9.48. The lowest BCUT2D eigenvalue weighted by molar-refractivity contribution is -0.0590. The van der Waals surface area contributed by atoms with Crippen molar-refractivity contribution in [3.05, 3.63) is 0 Å². The van der Waals surface area contributed by atoms with E-state index in [0.29, 0.717) is 0 Å². The lowest BCUT2D eigenvalue weighted by Crippen LogP contribution is -2.47. The van der Waals surface area contributed by atoms with Crippen molar-refractivity contribution in [3.8, 4) is 0 Å². The molecule has 4 saturated carbocycles. The zero-order chi connectivity index (χ0) is 12.7. The summed E-state index contributed by atoms with van der Waals surface area (Å²) in [5.41, 5.74) is 0.808. The third-order valence-corrected chi connectivity index (χ3v) is 6.56. The van der Waals surface area contributed by atoms with Gasteiger partial charge in [0.2, 0.25) is 0 Å². The van der Waals surface area contributed by atoms with Gasteiger partial charge in [0.15, 0.2) is 0 Å². The Morgan fingerprint density at radius 1 is 0.895 bits per heavy atom. The Labute approximate surface area is 118 Å². The number of rotatable bonds is 4. The number of hydrogen-bond donors (Lipinski definition) is 1. The van der Waals surface area contributed by atoms with Crippen molar-refractivity contribution in [2.24, 2.45) is 23.2 Å². The molecule has 5 rings (SSSR count). The van der Waals surface area contributed by atoms with Crippen molar-refractivity contribution in [1.82, 2.24) is 10.2 Å². The average molecular weight is 262 g/mol. The molecular weight excluding hydrogens is 232 g/mol. The predicted octanol–water partition coefficient (Wildman–Crippen LogP) is 2.89. The molecule has 1 aliphatic heterocycles. The van der Waals surface area contributed by atoms with Gasteiger partial charge in [-0.1, -0.05) is 0 Å². The second-order valence-electron chi connectivity index (χ2n) is 8.11. The van der Waals surface area contributed by atoms with E-state index in [0.717, 1.165) is 23.2 Å². The zero-order valence-corrected chi connectivity index (χ0v) is 12.4. The van der Waals surface area contributed by atoms with Crippen LogP contribution in [0, 0.1) is 23.2 Å². The number of nitrogens with zero attached hydrogens (tertiary/aromatic N) is 1. The molecule has 108 valence electrons. The van der Waals surface area contributed by atoms with Crippen molar-refractivity contribution in [2.45, 2.75) is 51.4 Å². The van der Waals surface area contributed by atoms with E-state index in [9.17, 15) is 0 Å². The summed E-state index contributed by atoms with van der Waals surface area (Å²) >= 11 is 0. The minimum atomic E-state index is 0.808. The van der Waals surface area contributed by atoms with Gasteiger partial charge in [-0.3, -0.25) is 0 Å². The maximum Gasteiger partial charge on any atom is 0.0107 e. The number of hydrogen-bond acceptors (Lipinski definition) is 2. The molecule has 0 aromatic rings. The Morgan fingerprint density at radius 3 is 2.05 bits per heavy atom. The van der Waals surface area contributed by atoms with Crippen LogP contribution in [0.4, 0.5) is 0 Å². The van der Waals surface area contributed by atoms with Gasteiger partial charge in [-0.2, -0.15) is 0 Å². The zero-order valence-electron chi connectivity index (χ0n) is 12.4. The molecular formula is C17H30N2. The fraction of sp³-hybridized carbons (Fsp3) is 1.00. The van der Waals surface area contributed by atoms with Gasteiger partial charge < -0.3 is 10.2 Å². The summed E-state index contributed by atoms with van der Waals surface area (Å²) in [5.74, 6) is 3.39. The summed E-state index contributed by atoms with van der Waals surface area (Å²) in [4.78, 5) is 2.68. The van der Waals surface area contributed by atoms with Crippen molar-refractivity contribution in [2.75, 3.05) is 32.7 Å².